The number of nitriles is 1. The molecule has 7 nitrogen and oxygen atoms in total. The molecule has 2 N–H and O–H groups in total. The Morgan fingerprint density at radius 2 is 1.84 bits per heavy atom. The van der Waals surface area contributed by atoms with Crippen molar-refractivity contribution in [3.05, 3.63) is 65.9 Å². The molecule has 2 heterocycles. The van der Waals surface area contributed by atoms with Crippen molar-refractivity contribution in [3.63, 3.8) is 0 Å². The van der Waals surface area contributed by atoms with Crippen LogP contribution in [0.2, 0.25) is 0 Å². The SMILES string of the molecule is N#Cc1ccccc1S(=O)(=O)N1CCC(C(=O)NCCc2c[nH]c3ccccc23)CC1. The van der Waals surface area contributed by atoms with Gasteiger partial charge in [-0.1, -0.05) is 30.3 Å². The number of sulfonamides is 1. The van der Waals surface area contributed by atoms with Crippen LogP contribution in [0.1, 0.15) is 24.0 Å². The Kier molecular flexibility index (Phi) is 6.07. The summed E-state index contributed by atoms with van der Waals surface area (Å²) >= 11 is 0. The maximum atomic E-state index is 12.9. The molecule has 0 spiro atoms. The summed E-state index contributed by atoms with van der Waals surface area (Å²) in [6.07, 6.45) is 3.63. The lowest BCUT2D eigenvalue weighted by Gasteiger charge is -2.30. The summed E-state index contributed by atoms with van der Waals surface area (Å²) in [5.74, 6) is -0.241. The summed E-state index contributed by atoms with van der Waals surface area (Å²) in [6.45, 7) is 1.07. The van der Waals surface area contributed by atoms with Gasteiger partial charge in [0, 0.05) is 42.7 Å². The van der Waals surface area contributed by atoms with E-state index in [1.54, 1.807) is 12.1 Å². The van der Waals surface area contributed by atoms with Crippen molar-refractivity contribution in [2.24, 2.45) is 5.92 Å². The Labute approximate surface area is 181 Å². The van der Waals surface area contributed by atoms with Crippen LogP contribution in [-0.4, -0.2) is 43.2 Å². The first-order valence-electron chi connectivity index (χ1n) is 10.3. The minimum absolute atomic E-state index is 0.0270. The van der Waals surface area contributed by atoms with E-state index in [1.165, 1.54) is 16.4 Å². The van der Waals surface area contributed by atoms with Gasteiger partial charge < -0.3 is 10.3 Å². The summed E-state index contributed by atoms with van der Waals surface area (Å²) < 4.78 is 27.2. The van der Waals surface area contributed by atoms with E-state index in [0.717, 1.165) is 22.9 Å². The van der Waals surface area contributed by atoms with Crippen LogP contribution in [0.15, 0.2) is 59.6 Å². The lowest BCUT2D eigenvalue weighted by Crippen LogP contribution is -2.43. The smallest absolute Gasteiger partial charge is 0.244 e. The van der Waals surface area contributed by atoms with E-state index in [0.29, 0.717) is 19.4 Å². The van der Waals surface area contributed by atoms with Gasteiger partial charge in [-0.25, -0.2) is 8.42 Å². The number of carbonyl (C=O) groups excluding carboxylic acids is 1. The molecule has 3 aromatic rings. The fourth-order valence-corrected chi connectivity index (χ4v) is 5.70. The molecule has 4 rings (SSSR count). The first-order valence-corrected chi connectivity index (χ1v) is 11.8. The number of rotatable bonds is 6. The highest BCUT2D eigenvalue weighted by Crippen LogP contribution is 2.26. The van der Waals surface area contributed by atoms with Crippen LogP contribution in [0.3, 0.4) is 0 Å². The molecule has 8 heteroatoms. The zero-order chi connectivity index (χ0) is 21.8. The zero-order valence-corrected chi connectivity index (χ0v) is 17.9. The average molecular weight is 437 g/mol. The second kappa shape index (κ2) is 8.92. The minimum Gasteiger partial charge on any atom is -0.361 e. The van der Waals surface area contributed by atoms with E-state index < -0.39 is 10.0 Å². The molecule has 1 aliphatic heterocycles. The second-order valence-electron chi connectivity index (χ2n) is 7.69. The first kappa shape index (κ1) is 21.1. The van der Waals surface area contributed by atoms with Crippen LogP contribution in [0.4, 0.5) is 0 Å². The summed E-state index contributed by atoms with van der Waals surface area (Å²) in [7, 11) is -3.75. The molecule has 0 aliphatic carbocycles. The maximum absolute atomic E-state index is 12.9. The van der Waals surface area contributed by atoms with Crippen molar-refractivity contribution in [2.75, 3.05) is 19.6 Å². The van der Waals surface area contributed by atoms with Crippen molar-refractivity contribution in [1.29, 1.82) is 5.26 Å². The summed E-state index contributed by atoms with van der Waals surface area (Å²) in [5.41, 5.74) is 2.38. The third-order valence-corrected chi connectivity index (χ3v) is 7.78. The molecular formula is C23H24N4O3S. The van der Waals surface area contributed by atoms with E-state index in [-0.39, 0.29) is 35.4 Å². The van der Waals surface area contributed by atoms with Gasteiger partial charge >= 0.3 is 0 Å². The third kappa shape index (κ3) is 4.33. The molecule has 1 aliphatic rings. The van der Waals surface area contributed by atoms with Gasteiger partial charge in [-0.2, -0.15) is 9.57 Å². The van der Waals surface area contributed by atoms with Gasteiger partial charge in [0.15, 0.2) is 0 Å². The fourth-order valence-electron chi connectivity index (χ4n) is 4.08. The highest BCUT2D eigenvalue weighted by Gasteiger charge is 2.33. The fraction of sp³-hybridized carbons (Fsp3) is 0.304. The number of H-pyrrole nitrogens is 1. The molecule has 0 unspecified atom stereocenters. The van der Waals surface area contributed by atoms with E-state index in [9.17, 15) is 18.5 Å². The van der Waals surface area contributed by atoms with Crippen molar-refractivity contribution in [1.82, 2.24) is 14.6 Å². The standard InChI is InChI=1S/C23H24N4O3S/c24-15-18-5-1-4-8-22(18)31(29,30)27-13-10-17(11-14-27)23(28)25-12-9-19-16-26-21-7-3-2-6-20(19)21/h1-8,16-17,26H,9-14H2,(H,25,28). The van der Waals surface area contributed by atoms with Crippen molar-refractivity contribution < 1.29 is 13.2 Å². The Hall–Kier alpha value is -3.15. The topological polar surface area (TPSA) is 106 Å². The van der Waals surface area contributed by atoms with Crippen LogP contribution < -0.4 is 5.32 Å². The van der Waals surface area contributed by atoms with Crippen molar-refractivity contribution in [3.8, 4) is 6.07 Å². The predicted octanol–water partition coefficient (Wildman–Crippen LogP) is 2.80. The van der Waals surface area contributed by atoms with Gasteiger partial charge in [-0.05, 0) is 43.0 Å². The van der Waals surface area contributed by atoms with Crippen molar-refractivity contribution >= 4 is 26.8 Å². The van der Waals surface area contributed by atoms with E-state index in [1.807, 2.05) is 30.5 Å². The molecule has 0 bridgehead atoms. The van der Waals surface area contributed by atoms with Crippen LogP contribution in [0.5, 0.6) is 0 Å². The lowest BCUT2D eigenvalue weighted by atomic mass is 9.97. The summed E-state index contributed by atoms with van der Waals surface area (Å²) in [5, 5.41) is 13.4. The number of carbonyl (C=O) groups is 1. The monoisotopic (exact) mass is 436 g/mol. The lowest BCUT2D eigenvalue weighted by molar-refractivity contribution is -0.126. The number of nitrogens with zero attached hydrogens (tertiary/aromatic N) is 2. The number of fused-ring (bicyclic) bond motifs is 1. The van der Waals surface area contributed by atoms with Gasteiger partial charge in [0.25, 0.3) is 0 Å². The Balaban J connectivity index is 1.31. The van der Waals surface area contributed by atoms with Crippen molar-refractivity contribution in [2.45, 2.75) is 24.2 Å². The van der Waals surface area contributed by atoms with E-state index >= 15 is 0 Å². The van der Waals surface area contributed by atoms with Crippen LogP contribution in [-0.2, 0) is 21.2 Å². The van der Waals surface area contributed by atoms with E-state index in [4.69, 9.17) is 0 Å². The summed E-state index contributed by atoms with van der Waals surface area (Å²) in [4.78, 5) is 15.8. The maximum Gasteiger partial charge on any atom is 0.244 e. The highest BCUT2D eigenvalue weighted by atomic mass is 32.2. The van der Waals surface area contributed by atoms with Crippen LogP contribution >= 0.6 is 0 Å². The quantitative estimate of drug-likeness (QED) is 0.620. The number of aromatic amines is 1. The number of benzene rings is 2. The number of nitrogens with one attached hydrogen (secondary N) is 2. The highest BCUT2D eigenvalue weighted by molar-refractivity contribution is 7.89. The van der Waals surface area contributed by atoms with Gasteiger partial charge in [-0.15, -0.1) is 0 Å². The number of piperidine rings is 1. The molecule has 1 aromatic heterocycles. The zero-order valence-electron chi connectivity index (χ0n) is 17.0. The molecule has 2 aromatic carbocycles. The number of aromatic nitrogens is 1. The minimum atomic E-state index is -3.75. The molecule has 0 radical (unpaired) electrons. The molecule has 1 saturated heterocycles. The Bertz CT molecular complexity index is 1230. The molecular weight excluding hydrogens is 412 g/mol. The number of para-hydroxylation sites is 1. The largest absolute Gasteiger partial charge is 0.361 e. The van der Waals surface area contributed by atoms with Gasteiger partial charge in [-0.3, -0.25) is 4.79 Å². The normalized spacial score (nSPS) is 15.6. The number of amides is 1. The molecule has 0 atom stereocenters. The molecule has 31 heavy (non-hydrogen) atoms. The number of hydrogen-bond donors (Lipinski definition) is 2. The Morgan fingerprint density at radius 3 is 2.61 bits per heavy atom. The average Bonchev–Trinajstić information content (AvgIpc) is 3.22. The molecule has 0 saturated carbocycles. The predicted molar refractivity (Wildman–Crippen MR) is 118 cm³/mol. The first-order chi connectivity index (χ1) is 15.0. The second-order valence-corrected chi connectivity index (χ2v) is 9.59. The Morgan fingerprint density at radius 1 is 1.13 bits per heavy atom. The van der Waals surface area contributed by atoms with E-state index in [2.05, 4.69) is 16.4 Å². The van der Waals surface area contributed by atoms with Crippen LogP contribution in [0.25, 0.3) is 10.9 Å². The van der Waals surface area contributed by atoms with Crippen LogP contribution in [0, 0.1) is 17.2 Å². The van der Waals surface area contributed by atoms with Gasteiger partial charge in [0.1, 0.15) is 6.07 Å². The van der Waals surface area contributed by atoms with Gasteiger partial charge in [0.05, 0.1) is 10.5 Å². The molecule has 1 amide bonds. The van der Waals surface area contributed by atoms with Gasteiger partial charge in [0.2, 0.25) is 15.9 Å². The molecule has 160 valence electrons. The number of hydrogen-bond acceptors (Lipinski definition) is 4. The summed E-state index contributed by atoms with van der Waals surface area (Å²) in [6, 6.07) is 16.2. The third-order valence-electron chi connectivity index (χ3n) is 5.82. The molecule has 1 fully saturated rings.